The van der Waals surface area contributed by atoms with Crippen LogP contribution >= 0.6 is 43.2 Å². The Kier molecular flexibility index (Phi) is 5.48. The number of nitriles is 2. The molecule has 0 radical (unpaired) electrons. The smallest absolute Gasteiger partial charge is 0.274 e. The van der Waals surface area contributed by atoms with Crippen LogP contribution in [0.3, 0.4) is 0 Å². The summed E-state index contributed by atoms with van der Waals surface area (Å²) in [6.07, 6.45) is 1.76. The summed E-state index contributed by atoms with van der Waals surface area (Å²) in [6, 6.07) is 19.2. The van der Waals surface area contributed by atoms with Crippen molar-refractivity contribution in [3.05, 3.63) is 93.7 Å². The molecule has 3 aromatic rings. The molecular formula is C22H12Br2N4OS. The minimum Gasteiger partial charge on any atom is -0.384 e. The molecule has 1 unspecified atom stereocenters. The van der Waals surface area contributed by atoms with Gasteiger partial charge in [-0.15, -0.1) is 11.3 Å². The molecule has 2 heterocycles. The Labute approximate surface area is 192 Å². The summed E-state index contributed by atoms with van der Waals surface area (Å²) in [5.74, 6) is -0.553. The predicted molar refractivity (Wildman–Crippen MR) is 124 cm³/mol. The molecule has 2 N–H and O–H groups in total. The summed E-state index contributed by atoms with van der Waals surface area (Å²) in [5, 5.41) is 19.8. The summed E-state index contributed by atoms with van der Waals surface area (Å²) >= 11 is 7.99. The van der Waals surface area contributed by atoms with Crippen LogP contribution in [0, 0.1) is 22.7 Å². The summed E-state index contributed by atoms with van der Waals surface area (Å²) in [7, 11) is 0. The first-order valence-electron chi connectivity index (χ1n) is 8.73. The first-order valence-corrected chi connectivity index (χ1v) is 11.1. The number of nitrogens with zero attached hydrogens (tertiary/aromatic N) is 3. The van der Waals surface area contributed by atoms with E-state index in [1.54, 1.807) is 6.08 Å². The summed E-state index contributed by atoms with van der Waals surface area (Å²) in [4.78, 5) is 13.1. The van der Waals surface area contributed by atoms with Crippen molar-refractivity contribution in [3.8, 4) is 12.1 Å². The molecule has 1 aliphatic heterocycles. The topological polar surface area (TPSA) is 95.6 Å². The lowest BCUT2D eigenvalue weighted by Gasteiger charge is -2.22. The van der Waals surface area contributed by atoms with Crippen LogP contribution in [-0.4, -0.2) is 4.57 Å². The fraction of sp³-hybridized carbons (Fsp3) is 0.0455. The lowest BCUT2D eigenvalue weighted by molar-refractivity contribution is 0.906. The second-order valence-corrected chi connectivity index (χ2v) is 9.39. The molecule has 1 aromatic heterocycles. The fourth-order valence-corrected chi connectivity index (χ4v) is 5.01. The molecule has 1 aliphatic rings. The van der Waals surface area contributed by atoms with Gasteiger partial charge in [-0.3, -0.25) is 9.36 Å². The summed E-state index contributed by atoms with van der Waals surface area (Å²) in [6.45, 7) is 0. The van der Waals surface area contributed by atoms with E-state index in [-0.39, 0.29) is 17.0 Å². The number of benzene rings is 2. The van der Waals surface area contributed by atoms with Gasteiger partial charge in [-0.25, -0.2) is 0 Å². The Morgan fingerprint density at radius 2 is 1.53 bits per heavy atom. The molecule has 0 saturated heterocycles. The van der Waals surface area contributed by atoms with Crippen molar-refractivity contribution >= 4 is 60.7 Å². The average Bonchev–Trinajstić information content (AvgIpc) is 3.06. The third kappa shape index (κ3) is 3.44. The van der Waals surface area contributed by atoms with Crippen LogP contribution in [0.25, 0.3) is 17.5 Å². The monoisotopic (exact) mass is 538 g/mol. The summed E-state index contributed by atoms with van der Waals surface area (Å²) in [5.41, 5.74) is 8.07. The zero-order chi connectivity index (χ0) is 21.4. The third-order valence-corrected chi connectivity index (χ3v) is 6.93. The Morgan fingerprint density at radius 3 is 2.10 bits per heavy atom. The molecule has 0 aliphatic carbocycles. The van der Waals surface area contributed by atoms with Crippen molar-refractivity contribution in [2.24, 2.45) is 5.73 Å². The molecular weight excluding hydrogens is 528 g/mol. The van der Waals surface area contributed by atoms with Crippen LogP contribution in [0.4, 0.5) is 0 Å². The zero-order valence-electron chi connectivity index (χ0n) is 15.3. The van der Waals surface area contributed by atoms with E-state index in [4.69, 9.17) is 5.73 Å². The zero-order valence-corrected chi connectivity index (χ0v) is 19.3. The molecule has 146 valence electrons. The molecule has 0 amide bonds. The van der Waals surface area contributed by atoms with Crippen LogP contribution in [0.15, 0.2) is 67.8 Å². The number of rotatable bonds is 2. The first kappa shape index (κ1) is 20.4. The Morgan fingerprint density at radius 1 is 0.967 bits per heavy atom. The molecule has 0 spiro atoms. The van der Waals surface area contributed by atoms with Crippen molar-refractivity contribution < 1.29 is 0 Å². The molecule has 1 atom stereocenters. The van der Waals surface area contributed by atoms with E-state index in [1.807, 2.05) is 48.5 Å². The number of halogens is 2. The highest BCUT2D eigenvalue weighted by Gasteiger charge is 2.32. The van der Waals surface area contributed by atoms with Gasteiger partial charge in [0.2, 0.25) is 0 Å². The van der Waals surface area contributed by atoms with Crippen LogP contribution in [-0.2, 0) is 0 Å². The normalized spacial score (nSPS) is 16.2. The van der Waals surface area contributed by atoms with E-state index in [0.717, 1.165) is 20.1 Å². The Hall–Kier alpha value is -2.91. The molecule has 8 heteroatoms. The Bertz CT molecular complexity index is 1450. The first-order chi connectivity index (χ1) is 14.4. The second-order valence-electron chi connectivity index (χ2n) is 6.53. The van der Waals surface area contributed by atoms with Gasteiger partial charge in [0.25, 0.3) is 5.56 Å². The summed E-state index contributed by atoms with van der Waals surface area (Å²) < 4.78 is 3.99. The van der Waals surface area contributed by atoms with Crippen LogP contribution in [0.5, 0.6) is 0 Å². The van der Waals surface area contributed by atoms with Gasteiger partial charge >= 0.3 is 0 Å². The van der Waals surface area contributed by atoms with Gasteiger partial charge in [-0.1, -0.05) is 56.1 Å². The van der Waals surface area contributed by atoms with E-state index in [1.165, 1.54) is 15.9 Å². The number of thiazole rings is 1. The van der Waals surface area contributed by atoms with Crippen molar-refractivity contribution in [3.63, 3.8) is 0 Å². The number of hydrogen-bond acceptors (Lipinski definition) is 5. The molecule has 0 saturated carbocycles. The average molecular weight is 540 g/mol. The third-order valence-electron chi connectivity index (χ3n) is 4.76. The quantitative estimate of drug-likeness (QED) is 0.540. The lowest BCUT2D eigenvalue weighted by Crippen LogP contribution is -2.38. The maximum atomic E-state index is 13.1. The highest BCUT2D eigenvalue weighted by Crippen LogP contribution is 2.35. The largest absolute Gasteiger partial charge is 0.384 e. The van der Waals surface area contributed by atoms with E-state index in [9.17, 15) is 15.3 Å². The van der Waals surface area contributed by atoms with Crippen molar-refractivity contribution in [1.29, 1.82) is 10.5 Å². The lowest BCUT2D eigenvalue weighted by atomic mass is 9.84. The van der Waals surface area contributed by atoms with Gasteiger partial charge in [0.05, 0.1) is 33.7 Å². The fourth-order valence-electron chi connectivity index (χ4n) is 3.35. The maximum absolute atomic E-state index is 13.1. The van der Waals surface area contributed by atoms with Gasteiger partial charge in [-0.2, -0.15) is 10.5 Å². The van der Waals surface area contributed by atoms with E-state index < -0.39 is 5.92 Å². The standard InChI is InChI=1S/C22H12Br2N4OS/c23-14-5-1-12(2-6-14)9-18-21(29)28-20(27)16(10-25)19(17(11-26)22(28)30-18)13-3-7-15(24)8-4-13/h1-9,19H,27H2/b18-9-. The molecule has 0 bridgehead atoms. The van der Waals surface area contributed by atoms with Crippen molar-refractivity contribution in [1.82, 2.24) is 4.57 Å². The van der Waals surface area contributed by atoms with Crippen LogP contribution in [0.2, 0.25) is 0 Å². The molecule has 4 rings (SSSR count). The number of allylic oxidation sites excluding steroid dienone is 1. The number of aromatic nitrogens is 1. The van der Waals surface area contributed by atoms with E-state index in [0.29, 0.717) is 14.8 Å². The van der Waals surface area contributed by atoms with Crippen molar-refractivity contribution in [2.45, 2.75) is 5.92 Å². The molecule has 5 nitrogen and oxygen atoms in total. The van der Waals surface area contributed by atoms with E-state index in [2.05, 4.69) is 44.0 Å². The Balaban J connectivity index is 2.04. The number of nitrogens with two attached hydrogens (primary N) is 1. The van der Waals surface area contributed by atoms with Gasteiger partial charge in [0, 0.05) is 8.95 Å². The van der Waals surface area contributed by atoms with Gasteiger partial charge in [0.15, 0.2) is 0 Å². The highest BCUT2D eigenvalue weighted by molar-refractivity contribution is 9.10. The predicted octanol–water partition coefficient (Wildman–Crippen LogP) is 3.39. The highest BCUT2D eigenvalue weighted by atomic mass is 79.9. The minimum atomic E-state index is -0.619. The van der Waals surface area contributed by atoms with Crippen LogP contribution < -0.4 is 20.5 Å². The van der Waals surface area contributed by atoms with E-state index >= 15 is 0 Å². The van der Waals surface area contributed by atoms with Gasteiger partial charge < -0.3 is 5.73 Å². The molecule has 2 aromatic carbocycles. The molecule has 0 fully saturated rings. The van der Waals surface area contributed by atoms with Gasteiger partial charge in [0.1, 0.15) is 10.5 Å². The molecule has 30 heavy (non-hydrogen) atoms. The van der Waals surface area contributed by atoms with Gasteiger partial charge in [-0.05, 0) is 41.5 Å². The number of fused-ring (bicyclic) bond motifs is 1. The number of hydrogen-bond donors (Lipinski definition) is 1. The van der Waals surface area contributed by atoms with Crippen molar-refractivity contribution in [2.75, 3.05) is 0 Å². The minimum absolute atomic E-state index is 0.0659. The SMILES string of the molecule is N#CC1=C(N)n2c(s/c(=C\c3ccc(Br)cc3)c2=O)=C(C#N)C1c1ccc(Br)cc1. The second kappa shape index (κ2) is 8.08. The maximum Gasteiger partial charge on any atom is 0.274 e. The van der Waals surface area contributed by atoms with Crippen LogP contribution in [0.1, 0.15) is 17.0 Å².